The minimum atomic E-state index is 0.747. The topological polar surface area (TPSA) is 28.7 Å². The van der Waals surface area contributed by atoms with Gasteiger partial charge in [-0.25, -0.2) is 4.98 Å². The van der Waals surface area contributed by atoms with Gasteiger partial charge in [0.1, 0.15) is 5.82 Å². The highest BCUT2D eigenvalue weighted by Crippen LogP contribution is 2.20. The Kier molecular flexibility index (Phi) is 3.17. The van der Waals surface area contributed by atoms with E-state index in [9.17, 15) is 0 Å². The summed E-state index contributed by atoms with van der Waals surface area (Å²) < 4.78 is 0. The third kappa shape index (κ3) is 2.47. The lowest BCUT2D eigenvalue weighted by Gasteiger charge is -1.97. The van der Waals surface area contributed by atoms with E-state index in [1.54, 1.807) is 11.3 Å². The minimum absolute atomic E-state index is 0.747. The number of nitrogens with zero attached hydrogens (tertiary/aromatic N) is 1. The lowest BCUT2D eigenvalue weighted by molar-refractivity contribution is 1.03. The van der Waals surface area contributed by atoms with Gasteiger partial charge in [0.05, 0.1) is 11.9 Å². The highest BCUT2D eigenvalue weighted by Gasteiger charge is 2.04. The maximum atomic E-state index is 5.87. The van der Waals surface area contributed by atoms with E-state index in [0.717, 1.165) is 28.5 Å². The van der Waals surface area contributed by atoms with E-state index in [-0.39, 0.29) is 0 Å². The predicted molar refractivity (Wildman–Crippen MR) is 76.2 cm³/mol. The fourth-order valence-electron chi connectivity index (χ4n) is 1.82. The summed E-state index contributed by atoms with van der Waals surface area (Å²) in [5, 5.41) is 4.97. The molecule has 0 aliphatic rings. The summed E-state index contributed by atoms with van der Waals surface area (Å²) in [4.78, 5) is 7.74. The molecule has 0 radical (unpaired) electrons. The highest BCUT2D eigenvalue weighted by molar-refractivity contribution is 7.07. The van der Waals surface area contributed by atoms with Crippen LogP contribution in [0.3, 0.4) is 0 Å². The molecule has 0 saturated carbocycles. The average Bonchev–Trinajstić information content (AvgIpc) is 3.02. The number of aromatic amines is 1. The van der Waals surface area contributed by atoms with Crippen molar-refractivity contribution in [1.82, 2.24) is 9.97 Å². The van der Waals surface area contributed by atoms with Crippen LogP contribution in [0, 0.1) is 0 Å². The van der Waals surface area contributed by atoms with Gasteiger partial charge in [0.25, 0.3) is 0 Å². The fourth-order valence-corrected chi connectivity index (χ4v) is 2.61. The lowest BCUT2D eigenvalue weighted by atomic mass is 10.2. The Balaban J connectivity index is 1.83. The van der Waals surface area contributed by atoms with Crippen molar-refractivity contribution < 1.29 is 0 Å². The monoisotopic (exact) mass is 274 g/mol. The van der Waals surface area contributed by atoms with Crippen molar-refractivity contribution in [2.75, 3.05) is 0 Å². The van der Waals surface area contributed by atoms with Gasteiger partial charge in [-0.05, 0) is 40.1 Å². The van der Waals surface area contributed by atoms with Crippen LogP contribution in [0.4, 0.5) is 0 Å². The van der Waals surface area contributed by atoms with Crippen molar-refractivity contribution in [3.8, 4) is 11.3 Å². The average molecular weight is 275 g/mol. The van der Waals surface area contributed by atoms with Crippen molar-refractivity contribution in [2.24, 2.45) is 0 Å². The SMILES string of the molecule is Clc1ccc(-c2cnc(Cc3ccsc3)[nH]2)cc1. The molecule has 0 amide bonds. The Morgan fingerprint density at radius 3 is 2.72 bits per heavy atom. The molecule has 0 aliphatic heterocycles. The summed E-state index contributed by atoms with van der Waals surface area (Å²) in [7, 11) is 0. The van der Waals surface area contributed by atoms with E-state index >= 15 is 0 Å². The molecule has 2 heterocycles. The van der Waals surface area contributed by atoms with Gasteiger partial charge in [-0.3, -0.25) is 0 Å². The van der Waals surface area contributed by atoms with Crippen LogP contribution in [0.2, 0.25) is 5.02 Å². The van der Waals surface area contributed by atoms with E-state index in [1.807, 2.05) is 30.5 Å². The molecule has 2 aromatic heterocycles. The zero-order valence-electron chi connectivity index (χ0n) is 9.56. The number of H-pyrrole nitrogens is 1. The van der Waals surface area contributed by atoms with Gasteiger partial charge in [-0.15, -0.1) is 0 Å². The number of hydrogen-bond acceptors (Lipinski definition) is 2. The second kappa shape index (κ2) is 4.96. The van der Waals surface area contributed by atoms with Gasteiger partial charge in [0.15, 0.2) is 0 Å². The van der Waals surface area contributed by atoms with Crippen LogP contribution >= 0.6 is 22.9 Å². The second-order valence-electron chi connectivity index (χ2n) is 4.06. The molecule has 18 heavy (non-hydrogen) atoms. The smallest absolute Gasteiger partial charge is 0.110 e. The van der Waals surface area contributed by atoms with Crippen LogP contribution in [0.5, 0.6) is 0 Å². The Labute approximate surface area is 114 Å². The largest absolute Gasteiger partial charge is 0.342 e. The van der Waals surface area contributed by atoms with Gasteiger partial charge in [0, 0.05) is 11.4 Å². The highest BCUT2D eigenvalue weighted by atomic mass is 35.5. The van der Waals surface area contributed by atoms with Crippen molar-refractivity contribution in [1.29, 1.82) is 0 Å². The van der Waals surface area contributed by atoms with Crippen LogP contribution in [-0.2, 0) is 6.42 Å². The van der Waals surface area contributed by atoms with Crippen LogP contribution in [0.15, 0.2) is 47.3 Å². The van der Waals surface area contributed by atoms with Crippen molar-refractivity contribution in [3.63, 3.8) is 0 Å². The summed E-state index contributed by atoms with van der Waals surface area (Å²) in [6.07, 6.45) is 2.71. The summed E-state index contributed by atoms with van der Waals surface area (Å²) in [6, 6.07) is 9.87. The number of benzene rings is 1. The third-order valence-electron chi connectivity index (χ3n) is 2.74. The molecule has 0 saturated heterocycles. The van der Waals surface area contributed by atoms with E-state index in [4.69, 9.17) is 11.6 Å². The van der Waals surface area contributed by atoms with Crippen molar-refractivity contribution >= 4 is 22.9 Å². The number of rotatable bonds is 3. The first kappa shape index (κ1) is 11.5. The predicted octanol–water partition coefficient (Wildman–Crippen LogP) is 4.38. The van der Waals surface area contributed by atoms with Gasteiger partial charge in [-0.1, -0.05) is 23.7 Å². The van der Waals surface area contributed by atoms with Gasteiger partial charge >= 0.3 is 0 Å². The summed E-state index contributed by atoms with van der Waals surface area (Å²) in [5.74, 6) is 0.985. The second-order valence-corrected chi connectivity index (χ2v) is 5.28. The Hall–Kier alpha value is -1.58. The van der Waals surface area contributed by atoms with E-state index in [0.29, 0.717) is 0 Å². The molecule has 90 valence electrons. The number of nitrogens with one attached hydrogen (secondary N) is 1. The number of imidazole rings is 1. The lowest BCUT2D eigenvalue weighted by Crippen LogP contribution is -1.88. The maximum Gasteiger partial charge on any atom is 0.110 e. The first-order valence-electron chi connectivity index (χ1n) is 5.62. The number of hydrogen-bond donors (Lipinski definition) is 1. The molecule has 0 aliphatic carbocycles. The number of aromatic nitrogens is 2. The molecule has 3 aromatic rings. The number of halogens is 1. The Morgan fingerprint density at radius 2 is 2.00 bits per heavy atom. The summed E-state index contributed by atoms with van der Waals surface area (Å²) in [5.41, 5.74) is 3.41. The molecule has 1 aromatic carbocycles. The zero-order chi connectivity index (χ0) is 12.4. The van der Waals surface area contributed by atoms with Crippen molar-refractivity contribution in [3.05, 3.63) is 63.7 Å². The maximum absolute atomic E-state index is 5.87. The molecule has 0 unspecified atom stereocenters. The fraction of sp³-hybridized carbons (Fsp3) is 0.0714. The quantitative estimate of drug-likeness (QED) is 0.754. The molecule has 2 nitrogen and oxygen atoms in total. The van der Waals surface area contributed by atoms with Gasteiger partial charge in [-0.2, -0.15) is 11.3 Å². The van der Waals surface area contributed by atoms with Gasteiger partial charge in [0.2, 0.25) is 0 Å². The van der Waals surface area contributed by atoms with E-state index in [1.165, 1.54) is 5.56 Å². The minimum Gasteiger partial charge on any atom is -0.342 e. The Morgan fingerprint density at radius 1 is 1.17 bits per heavy atom. The molecule has 1 N–H and O–H groups in total. The number of thiophene rings is 1. The van der Waals surface area contributed by atoms with Crippen LogP contribution < -0.4 is 0 Å². The first-order chi connectivity index (χ1) is 8.81. The van der Waals surface area contributed by atoms with Crippen LogP contribution in [0.1, 0.15) is 11.4 Å². The van der Waals surface area contributed by atoms with E-state index in [2.05, 4.69) is 26.8 Å². The molecular formula is C14H11ClN2S. The molecule has 0 fully saturated rings. The van der Waals surface area contributed by atoms with E-state index < -0.39 is 0 Å². The van der Waals surface area contributed by atoms with Crippen LogP contribution in [0.25, 0.3) is 11.3 Å². The Bertz CT molecular complexity index is 626. The van der Waals surface area contributed by atoms with Crippen molar-refractivity contribution in [2.45, 2.75) is 6.42 Å². The van der Waals surface area contributed by atoms with Gasteiger partial charge < -0.3 is 4.98 Å². The van der Waals surface area contributed by atoms with Crippen LogP contribution in [-0.4, -0.2) is 9.97 Å². The molecule has 0 spiro atoms. The summed E-state index contributed by atoms with van der Waals surface area (Å²) in [6.45, 7) is 0. The molecule has 3 rings (SSSR count). The normalized spacial score (nSPS) is 10.7. The first-order valence-corrected chi connectivity index (χ1v) is 6.94. The third-order valence-corrected chi connectivity index (χ3v) is 3.72. The molecule has 4 heteroatoms. The zero-order valence-corrected chi connectivity index (χ0v) is 11.1. The standard InChI is InChI=1S/C14H11ClN2S/c15-12-3-1-11(2-4-12)13-8-16-14(17-13)7-10-5-6-18-9-10/h1-6,8-9H,7H2,(H,16,17). The molecular weight excluding hydrogens is 264 g/mol. The molecule has 0 atom stereocenters. The molecule has 0 bridgehead atoms. The summed E-state index contributed by atoms with van der Waals surface area (Å²) >= 11 is 7.58.